The summed E-state index contributed by atoms with van der Waals surface area (Å²) in [5, 5.41) is 0. The number of aliphatic imine (C=N–C) groups is 1. The summed E-state index contributed by atoms with van der Waals surface area (Å²) < 4.78 is 1.46. The Morgan fingerprint density at radius 2 is 1.92 bits per heavy atom. The SMILES string of the molecule is CC1=NC2CC(C)C(C)CC2[Se]1. The molecule has 0 saturated heterocycles. The molecule has 0 aromatic rings. The Labute approximate surface area is 81.2 Å². The van der Waals surface area contributed by atoms with Crippen molar-refractivity contribution in [2.75, 3.05) is 0 Å². The molecule has 1 aliphatic carbocycles. The molecule has 1 aliphatic heterocycles. The van der Waals surface area contributed by atoms with Gasteiger partial charge in [-0.1, -0.05) is 0 Å². The summed E-state index contributed by atoms with van der Waals surface area (Å²) in [7, 11) is 0. The number of hydrogen-bond donors (Lipinski definition) is 0. The number of rotatable bonds is 0. The Morgan fingerprint density at radius 3 is 2.67 bits per heavy atom. The van der Waals surface area contributed by atoms with Gasteiger partial charge in [0, 0.05) is 0 Å². The van der Waals surface area contributed by atoms with Crippen LogP contribution >= 0.6 is 0 Å². The molecule has 1 fully saturated rings. The monoisotopic (exact) mass is 231 g/mol. The van der Waals surface area contributed by atoms with Crippen LogP contribution in [0.15, 0.2) is 4.99 Å². The molecule has 2 aliphatic rings. The van der Waals surface area contributed by atoms with E-state index in [9.17, 15) is 0 Å². The number of hydrogen-bond acceptors (Lipinski definition) is 1. The normalized spacial score (nSPS) is 47.1. The zero-order chi connectivity index (χ0) is 8.72. The molecular weight excluding hydrogens is 213 g/mol. The molecule has 4 unspecified atom stereocenters. The Bertz CT molecular complexity index is 212. The van der Waals surface area contributed by atoms with E-state index in [1.165, 1.54) is 17.5 Å². The van der Waals surface area contributed by atoms with Gasteiger partial charge in [0.15, 0.2) is 0 Å². The maximum absolute atomic E-state index is 4.74. The Morgan fingerprint density at radius 1 is 1.25 bits per heavy atom. The first kappa shape index (κ1) is 8.77. The van der Waals surface area contributed by atoms with Crippen LogP contribution in [-0.2, 0) is 0 Å². The molecule has 12 heavy (non-hydrogen) atoms. The molecule has 4 atom stereocenters. The van der Waals surface area contributed by atoms with Crippen LogP contribution in [0.5, 0.6) is 0 Å². The van der Waals surface area contributed by atoms with Gasteiger partial charge in [-0.3, -0.25) is 0 Å². The van der Waals surface area contributed by atoms with Crippen molar-refractivity contribution in [3.63, 3.8) is 0 Å². The minimum absolute atomic E-state index is 0.719. The molecule has 2 heteroatoms. The third kappa shape index (κ3) is 1.47. The van der Waals surface area contributed by atoms with E-state index in [-0.39, 0.29) is 0 Å². The van der Waals surface area contributed by atoms with Gasteiger partial charge in [0.05, 0.1) is 0 Å². The second kappa shape index (κ2) is 3.15. The molecule has 68 valence electrons. The van der Waals surface area contributed by atoms with Gasteiger partial charge in [-0.15, -0.1) is 0 Å². The van der Waals surface area contributed by atoms with Crippen LogP contribution in [0, 0.1) is 11.8 Å². The molecule has 1 saturated carbocycles. The van der Waals surface area contributed by atoms with E-state index in [1.807, 2.05) is 0 Å². The van der Waals surface area contributed by atoms with E-state index in [1.54, 1.807) is 0 Å². The van der Waals surface area contributed by atoms with Gasteiger partial charge < -0.3 is 0 Å². The number of nitrogens with zero attached hydrogens (tertiary/aromatic N) is 1. The van der Waals surface area contributed by atoms with E-state index in [2.05, 4.69) is 20.8 Å². The minimum atomic E-state index is 0.719. The van der Waals surface area contributed by atoms with Gasteiger partial charge in [0.2, 0.25) is 0 Å². The van der Waals surface area contributed by atoms with Crippen LogP contribution in [-0.4, -0.2) is 25.6 Å². The summed E-state index contributed by atoms with van der Waals surface area (Å²) in [4.78, 5) is 5.70. The predicted octanol–water partition coefficient (Wildman–Crippen LogP) is 2.35. The standard InChI is InChI=1S/C10H17NSe/c1-6-4-9-10(5-7(6)2)12-8(3)11-9/h6-7,9-10H,4-5H2,1-3H3. The van der Waals surface area contributed by atoms with Crippen molar-refractivity contribution in [3.8, 4) is 0 Å². The average Bonchev–Trinajstić information content (AvgIpc) is 2.30. The summed E-state index contributed by atoms with van der Waals surface area (Å²) in [5.41, 5.74) is 0. The molecule has 1 heterocycles. The van der Waals surface area contributed by atoms with Crippen molar-refractivity contribution in [1.29, 1.82) is 0 Å². The van der Waals surface area contributed by atoms with Crippen molar-refractivity contribution in [2.24, 2.45) is 16.8 Å². The molecule has 2 rings (SSSR count). The Kier molecular flexibility index (Phi) is 2.31. The first-order valence-electron chi connectivity index (χ1n) is 4.88. The fraction of sp³-hybridized carbons (Fsp3) is 0.900. The molecule has 0 aromatic carbocycles. The molecule has 0 bridgehead atoms. The van der Waals surface area contributed by atoms with Crippen molar-refractivity contribution in [3.05, 3.63) is 0 Å². The first-order chi connectivity index (χ1) is 5.66. The molecule has 1 nitrogen and oxygen atoms in total. The van der Waals surface area contributed by atoms with E-state index in [0.717, 1.165) is 37.7 Å². The van der Waals surface area contributed by atoms with E-state index < -0.39 is 0 Å². The van der Waals surface area contributed by atoms with Crippen LogP contribution in [0.4, 0.5) is 0 Å². The molecular formula is C10H17NSe. The summed E-state index contributed by atoms with van der Waals surface area (Å²) in [5.74, 6) is 1.84. The van der Waals surface area contributed by atoms with Crippen molar-refractivity contribution in [1.82, 2.24) is 0 Å². The van der Waals surface area contributed by atoms with Gasteiger partial charge in [-0.25, -0.2) is 0 Å². The van der Waals surface area contributed by atoms with Crippen molar-refractivity contribution in [2.45, 2.75) is 44.5 Å². The van der Waals surface area contributed by atoms with E-state index >= 15 is 0 Å². The zero-order valence-corrected chi connectivity index (χ0v) is 9.79. The third-order valence-electron chi connectivity index (χ3n) is 3.29. The number of fused-ring (bicyclic) bond motifs is 1. The zero-order valence-electron chi connectivity index (χ0n) is 8.08. The Balaban J connectivity index is 2.07. The first-order valence-corrected chi connectivity index (χ1v) is 6.72. The van der Waals surface area contributed by atoms with Crippen LogP contribution < -0.4 is 0 Å². The topological polar surface area (TPSA) is 12.4 Å². The van der Waals surface area contributed by atoms with Crippen molar-refractivity contribution < 1.29 is 0 Å². The molecule has 0 N–H and O–H groups in total. The fourth-order valence-electron chi connectivity index (χ4n) is 2.27. The molecule has 0 radical (unpaired) electrons. The maximum atomic E-state index is 4.74. The Hall–Kier alpha value is 0.189. The second-order valence-corrected chi connectivity index (χ2v) is 7.30. The van der Waals surface area contributed by atoms with E-state index in [4.69, 9.17) is 4.99 Å². The van der Waals surface area contributed by atoms with Gasteiger partial charge in [0.1, 0.15) is 0 Å². The van der Waals surface area contributed by atoms with Gasteiger partial charge >= 0.3 is 80.9 Å². The van der Waals surface area contributed by atoms with Gasteiger partial charge in [-0.05, 0) is 0 Å². The fourth-order valence-corrected chi connectivity index (χ4v) is 5.13. The van der Waals surface area contributed by atoms with E-state index in [0.29, 0.717) is 0 Å². The quantitative estimate of drug-likeness (QED) is 0.566. The summed E-state index contributed by atoms with van der Waals surface area (Å²) in [6.45, 7) is 7.01. The van der Waals surface area contributed by atoms with Crippen molar-refractivity contribution >= 4 is 19.6 Å². The summed E-state index contributed by atoms with van der Waals surface area (Å²) in [6.07, 6.45) is 2.79. The van der Waals surface area contributed by atoms with Gasteiger partial charge in [0.25, 0.3) is 0 Å². The van der Waals surface area contributed by atoms with Crippen LogP contribution in [0.1, 0.15) is 33.6 Å². The predicted molar refractivity (Wildman–Crippen MR) is 54.0 cm³/mol. The molecule has 0 amide bonds. The second-order valence-electron chi connectivity index (χ2n) is 4.30. The third-order valence-corrected chi connectivity index (χ3v) is 5.92. The van der Waals surface area contributed by atoms with Gasteiger partial charge in [-0.2, -0.15) is 0 Å². The summed E-state index contributed by atoms with van der Waals surface area (Å²) in [6, 6.07) is 0.719. The van der Waals surface area contributed by atoms with Crippen LogP contribution in [0.25, 0.3) is 0 Å². The summed E-state index contributed by atoms with van der Waals surface area (Å²) >= 11 is 0.735. The molecule has 0 aromatic heterocycles. The molecule has 0 spiro atoms. The average molecular weight is 230 g/mol. The van der Waals surface area contributed by atoms with Crippen LogP contribution in [0.2, 0.25) is 4.82 Å². The van der Waals surface area contributed by atoms with Crippen LogP contribution in [0.3, 0.4) is 0 Å².